The summed E-state index contributed by atoms with van der Waals surface area (Å²) < 4.78 is 59.1. The maximum absolute atomic E-state index is 12.9. The summed E-state index contributed by atoms with van der Waals surface area (Å²) in [5.41, 5.74) is 0. The molecule has 0 bridgehead atoms. The minimum absolute atomic E-state index is 0.0210. The fraction of sp³-hybridized carbons (Fsp3) is 0.780. The lowest BCUT2D eigenvalue weighted by molar-refractivity contribution is -0.301. The van der Waals surface area contributed by atoms with Crippen molar-refractivity contribution < 1.29 is 56.2 Å². The van der Waals surface area contributed by atoms with Gasteiger partial charge < -0.3 is 34.3 Å². The lowest BCUT2D eigenvalue weighted by Crippen LogP contribution is -2.60. The van der Waals surface area contributed by atoms with Crippen LogP contribution in [0.25, 0.3) is 0 Å². The Morgan fingerprint density at radius 3 is 1.57 bits per heavy atom. The molecule has 0 aromatic rings. The van der Waals surface area contributed by atoms with E-state index in [1.54, 1.807) is 0 Å². The van der Waals surface area contributed by atoms with Crippen LogP contribution in [-0.4, -0.2) is 97.5 Å². The van der Waals surface area contributed by atoms with Gasteiger partial charge >= 0.3 is 16.4 Å². The second kappa shape index (κ2) is 41.2. The Kier molecular flexibility index (Phi) is 38.5. The standard InChI is InChI=1S/C50H88O12S/c1-3-5-7-9-11-13-15-17-19-20-21-22-23-24-25-26-28-30-32-34-36-38-40-58-42-44(43-59-50-48(54)49(62-63(55,56)57)47(53)45(41-51)61-50)60-46(52)39-37-35-33-31-29-27-18-16-14-12-10-8-6-4-2/h10,12,15-18,20-21,23-24,44-45,47-51,53-54H,3-9,11,13-14,19,22,25-43H2,1-2H3,(H,55,56,57)/b12-10-,17-15-,18-16-,21-20-,24-23-. The number of unbranched alkanes of at least 4 members (excludes halogenated alkanes) is 19. The second-order valence-electron chi connectivity index (χ2n) is 16.7. The molecule has 4 N–H and O–H groups in total. The van der Waals surface area contributed by atoms with Crippen LogP contribution in [0.2, 0.25) is 0 Å². The Hall–Kier alpha value is -2.20. The van der Waals surface area contributed by atoms with E-state index in [9.17, 15) is 33.1 Å². The Bertz CT molecular complexity index is 1330. The van der Waals surface area contributed by atoms with Crippen LogP contribution in [0.4, 0.5) is 0 Å². The first kappa shape index (κ1) is 58.8. The number of hydrogen-bond acceptors (Lipinski definition) is 11. The number of aliphatic hydroxyl groups excluding tert-OH is 3. The van der Waals surface area contributed by atoms with Crippen molar-refractivity contribution in [1.82, 2.24) is 0 Å². The van der Waals surface area contributed by atoms with Crippen LogP contribution < -0.4 is 0 Å². The zero-order valence-electron chi connectivity index (χ0n) is 39.1. The molecule has 1 heterocycles. The molecule has 1 saturated heterocycles. The van der Waals surface area contributed by atoms with Crippen molar-refractivity contribution in [2.45, 2.75) is 224 Å². The molecule has 1 fully saturated rings. The third kappa shape index (κ3) is 34.8. The quantitative estimate of drug-likeness (QED) is 0.0197. The van der Waals surface area contributed by atoms with Gasteiger partial charge in [0, 0.05) is 13.0 Å². The summed E-state index contributed by atoms with van der Waals surface area (Å²) in [4.78, 5) is 12.9. The first-order valence-corrected chi connectivity index (χ1v) is 25.9. The van der Waals surface area contributed by atoms with Crippen LogP contribution in [0.1, 0.15) is 187 Å². The van der Waals surface area contributed by atoms with Crippen molar-refractivity contribution in [2.75, 3.05) is 26.4 Å². The summed E-state index contributed by atoms with van der Waals surface area (Å²) in [6, 6.07) is 0. The summed E-state index contributed by atoms with van der Waals surface area (Å²) in [7, 11) is -5.07. The molecule has 12 nitrogen and oxygen atoms in total. The average Bonchev–Trinajstić information content (AvgIpc) is 3.26. The molecule has 1 rings (SSSR count). The molecule has 0 saturated carbocycles. The molecule has 366 valence electrons. The number of rotatable bonds is 42. The van der Waals surface area contributed by atoms with Crippen LogP contribution in [0.5, 0.6) is 0 Å². The van der Waals surface area contributed by atoms with Crippen LogP contribution in [0, 0.1) is 0 Å². The number of aliphatic hydroxyl groups is 3. The van der Waals surface area contributed by atoms with Gasteiger partial charge in [0.15, 0.2) is 6.29 Å². The molecule has 0 radical (unpaired) electrons. The molecule has 13 heteroatoms. The maximum Gasteiger partial charge on any atom is 0.397 e. The minimum Gasteiger partial charge on any atom is -0.457 e. The number of carbonyl (C=O) groups excluding carboxylic acids is 1. The third-order valence-corrected chi connectivity index (χ3v) is 11.3. The first-order valence-electron chi connectivity index (χ1n) is 24.5. The fourth-order valence-corrected chi connectivity index (χ4v) is 7.62. The molecule has 0 aromatic heterocycles. The van der Waals surface area contributed by atoms with Gasteiger partial charge in [0.25, 0.3) is 0 Å². The Balaban J connectivity index is 2.39. The van der Waals surface area contributed by atoms with E-state index in [0.717, 1.165) is 89.9 Å². The monoisotopic (exact) mass is 913 g/mol. The number of allylic oxidation sites excluding steroid dienone is 10. The highest BCUT2D eigenvalue weighted by atomic mass is 32.3. The molecule has 6 unspecified atom stereocenters. The van der Waals surface area contributed by atoms with Crippen LogP contribution >= 0.6 is 0 Å². The van der Waals surface area contributed by atoms with E-state index in [-0.39, 0.29) is 19.6 Å². The van der Waals surface area contributed by atoms with Crippen molar-refractivity contribution in [3.05, 3.63) is 60.8 Å². The second-order valence-corrected chi connectivity index (χ2v) is 17.7. The zero-order valence-corrected chi connectivity index (χ0v) is 39.9. The number of esters is 1. The molecular weight excluding hydrogens is 825 g/mol. The molecule has 0 spiro atoms. The Morgan fingerprint density at radius 2 is 1.06 bits per heavy atom. The Labute approximate surface area is 382 Å². The minimum atomic E-state index is -5.07. The molecule has 0 aliphatic carbocycles. The lowest BCUT2D eigenvalue weighted by Gasteiger charge is -2.41. The largest absolute Gasteiger partial charge is 0.457 e. The zero-order chi connectivity index (χ0) is 46.1. The van der Waals surface area contributed by atoms with Crippen LogP contribution in [0.15, 0.2) is 60.8 Å². The van der Waals surface area contributed by atoms with Gasteiger partial charge in [-0.1, -0.05) is 164 Å². The molecule has 63 heavy (non-hydrogen) atoms. The molecule has 1 aliphatic rings. The lowest BCUT2D eigenvalue weighted by atomic mass is 9.99. The topological polar surface area (TPSA) is 178 Å². The maximum atomic E-state index is 12.9. The normalized spacial score (nSPS) is 20.4. The SMILES string of the molecule is CCCC/C=C\C/C=C\CCCCCCCC(=O)OC(COCCCCCCCCC/C=C\C/C=C\C/C=C\CCCCCCC)COC1OC(CO)C(O)C(OS(=O)(=O)O)C1O. The van der Waals surface area contributed by atoms with Gasteiger partial charge in [0.1, 0.15) is 30.5 Å². The van der Waals surface area contributed by atoms with Gasteiger partial charge in [-0.05, 0) is 77.0 Å². The van der Waals surface area contributed by atoms with Crippen LogP contribution in [-0.2, 0) is 38.3 Å². The Morgan fingerprint density at radius 1 is 0.603 bits per heavy atom. The summed E-state index contributed by atoms with van der Waals surface area (Å²) in [5, 5.41) is 30.7. The van der Waals surface area contributed by atoms with Gasteiger partial charge in [0.05, 0.1) is 19.8 Å². The smallest absolute Gasteiger partial charge is 0.397 e. The van der Waals surface area contributed by atoms with Crippen molar-refractivity contribution in [2.24, 2.45) is 0 Å². The predicted molar refractivity (Wildman–Crippen MR) is 253 cm³/mol. The summed E-state index contributed by atoms with van der Waals surface area (Å²) in [6.45, 7) is 3.89. The van der Waals surface area contributed by atoms with Gasteiger partial charge in [-0.15, -0.1) is 0 Å². The molecule has 0 aromatic carbocycles. The summed E-state index contributed by atoms with van der Waals surface area (Å²) in [6.07, 6.45) is 42.5. The average molecular weight is 913 g/mol. The van der Waals surface area contributed by atoms with Gasteiger partial charge in [-0.25, -0.2) is 4.18 Å². The summed E-state index contributed by atoms with van der Waals surface area (Å²) in [5.74, 6) is -0.419. The first-order chi connectivity index (χ1) is 30.6. The third-order valence-electron chi connectivity index (χ3n) is 10.9. The molecule has 1 aliphatic heterocycles. The van der Waals surface area contributed by atoms with E-state index in [2.05, 4.69) is 78.8 Å². The van der Waals surface area contributed by atoms with Crippen LogP contribution in [0.3, 0.4) is 0 Å². The van der Waals surface area contributed by atoms with E-state index in [1.165, 1.54) is 70.6 Å². The highest BCUT2D eigenvalue weighted by Crippen LogP contribution is 2.26. The number of carbonyl (C=O) groups is 1. The van der Waals surface area contributed by atoms with E-state index in [1.807, 2.05) is 0 Å². The van der Waals surface area contributed by atoms with E-state index in [0.29, 0.717) is 13.0 Å². The molecular formula is C50H88O12S. The predicted octanol–water partition coefficient (Wildman–Crippen LogP) is 10.9. The van der Waals surface area contributed by atoms with Gasteiger partial charge in [-0.2, -0.15) is 8.42 Å². The summed E-state index contributed by atoms with van der Waals surface area (Å²) >= 11 is 0. The van der Waals surface area contributed by atoms with Gasteiger partial charge in [-0.3, -0.25) is 9.35 Å². The van der Waals surface area contributed by atoms with Crippen molar-refractivity contribution in [1.29, 1.82) is 0 Å². The van der Waals surface area contributed by atoms with Crippen molar-refractivity contribution >= 4 is 16.4 Å². The van der Waals surface area contributed by atoms with E-state index < -0.39 is 59.8 Å². The number of hydrogen-bond donors (Lipinski definition) is 4. The molecule has 0 amide bonds. The number of ether oxygens (including phenoxy) is 4. The van der Waals surface area contributed by atoms with E-state index >= 15 is 0 Å². The van der Waals surface area contributed by atoms with Crippen molar-refractivity contribution in [3.63, 3.8) is 0 Å². The molecule has 6 atom stereocenters. The van der Waals surface area contributed by atoms with Crippen molar-refractivity contribution in [3.8, 4) is 0 Å². The highest BCUT2D eigenvalue weighted by Gasteiger charge is 2.48. The highest BCUT2D eigenvalue weighted by molar-refractivity contribution is 7.80. The van der Waals surface area contributed by atoms with E-state index in [4.69, 9.17) is 18.9 Å². The fourth-order valence-electron chi connectivity index (χ4n) is 7.11. The van der Waals surface area contributed by atoms with Gasteiger partial charge in [0.2, 0.25) is 0 Å².